The molecule has 6 nitrogen and oxygen atoms in total. The fourth-order valence-electron chi connectivity index (χ4n) is 2.06. The Bertz CT molecular complexity index is 833. The summed E-state index contributed by atoms with van der Waals surface area (Å²) in [6, 6.07) is 9.49. The number of aromatic nitrogens is 2. The monoisotopic (exact) mass is 328 g/mol. The topological polar surface area (TPSA) is 86.2 Å². The molecule has 2 heterocycles. The van der Waals surface area contributed by atoms with Crippen molar-refractivity contribution < 1.29 is 13.5 Å². The Kier molecular flexibility index (Phi) is 5.02. The van der Waals surface area contributed by atoms with Gasteiger partial charge in [-0.25, -0.2) is 4.39 Å². The van der Waals surface area contributed by atoms with E-state index in [1.807, 2.05) is 12.1 Å². The summed E-state index contributed by atoms with van der Waals surface area (Å²) in [6.07, 6.45) is 3.96. The predicted molar refractivity (Wildman–Crippen MR) is 89.3 cm³/mol. The molecular formula is C17H17FN4O2. The number of nitrogens with two attached hydrogens (primary N) is 1. The molecule has 0 saturated heterocycles. The fourth-order valence-corrected chi connectivity index (χ4v) is 2.06. The summed E-state index contributed by atoms with van der Waals surface area (Å²) in [4.78, 5) is 8.40. The quantitative estimate of drug-likeness (QED) is 0.693. The van der Waals surface area contributed by atoms with E-state index in [4.69, 9.17) is 14.9 Å². The number of ether oxygens (including phenoxy) is 1. The number of rotatable bonds is 7. The number of anilines is 1. The van der Waals surface area contributed by atoms with Gasteiger partial charge < -0.3 is 20.2 Å². The van der Waals surface area contributed by atoms with Crippen LogP contribution in [-0.2, 0) is 6.54 Å². The van der Waals surface area contributed by atoms with Crippen LogP contribution in [0.2, 0.25) is 0 Å². The lowest BCUT2D eigenvalue weighted by Crippen LogP contribution is -2.10. The second-order valence-electron chi connectivity index (χ2n) is 5.12. The Morgan fingerprint density at radius 1 is 1.38 bits per heavy atom. The van der Waals surface area contributed by atoms with E-state index in [1.165, 1.54) is 0 Å². The van der Waals surface area contributed by atoms with Gasteiger partial charge in [-0.2, -0.15) is 4.98 Å². The van der Waals surface area contributed by atoms with Crippen LogP contribution in [-0.4, -0.2) is 23.1 Å². The average molecular weight is 328 g/mol. The molecule has 2 aromatic heterocycles. The number of hydrogen-bond donors (Lipinski definition) is 2. The summed E-state index contributed by atoms with van der Waals surface area (Å²) < 4.78 is 23.6. The molecule has 0 bridgehead atoms. The van der Waals surface area contributed by atoms with Crippen molar-refractivity contribution in [2.45, 2.75) is 6.54 Å². The molecule has 0 fully saturated rings. The number of pyridine rings is 1. The Labute approximate surface area is 138 Å². The lowest BCUT2D eigenvalue weighted by atomic mass is 10.3. The van der Waals surface area contributed by atoms with E-state index < -0.39 is 0 Å². The number of nitrogens with one attached hydrogen (secondary N) is 1. The largest absolute Gasteiger partial charge is 0.489 e. The number of halogens is 1. The molecule has 1 aromatic carbocycles. The zero-order valence-electron chi connectivity index (χ0n) is 12.9. The van der Waals surface area contributed by atoms with Gasteiger partial charge >= 0.3 is 0 Å². The highest BCUT2D eigenvalue weighted by Crippen LogP contribution is 2.24. The minimum absolute atomic E-state index is 0.0960. The third-order valence-electron chi connectivity index (χ3n) is 3.37. The maximum Gasteiger partial charge on any atom is 0.295 e. The predicted octanol–water partition coefficient (Wildman–Crippen LogP) is 3.03. The molecule has 0 spiro atoms. The maximum absolute atomic E-state index is 12.5. The van der Waals surface area contributed by atoms with Gasteiger partial charge in [0.1, 0.15) is 17.9 Å². The SMILES string of the molecule is NC/C(=C/F)COc1ccc2nc(NCc3cccnc3)oc2c1. The first-order chi connectivity index (χ1) is 11.8. The second kappa shape index (κ2) is 7.56. The summed E-state index contributed by atoms with van der Waals surface area (Å²) >= 11 is 0. The normalized spacial score (nSPS) is 11.7. The third kappa shape index (κ3) is 3.88. The number of hydrogen-bond acceptors (Lipinski definition) is 6. The van der Waals surface area contributed by atoms with Crippen molar-refractivity contribution in [3.05, 3.63) is 60.2 Å². The number of oxazole rings is 1. The maximum atomic E-state index is 12.5. The van der Waals surface area contributed by atoms with Crippen molar-refractivity contribution in [2.24, 2.45) is 5.73 Å². The minimum Gasteiger partial charge on any atom is -0.489 e. The van der Waals surface area contributed by atoms with Crippen molar-refractivity contribution in [3.63, 3.8) is 0 Å². The first-order valence-electron chi connectivity index (χ1n) is 7.43. The summed E-state index contributed by atoms with van der Waals surface area (Å²) in [7, 11) is 0. The van der Waals surface area contributed by atoms with Crippen molar-refractivity contribution in [1.29, 1.82) is 0 Å². The fraction of sp³-hybridized carbons (Fsp3) is 0.176. The van der Waals surface area contributed by atoms with Crippen molar-refractivity contribution >= 4 is 17.1 Å². The van der Waals surface area contributed by atoms with Crippen LogP contribution in [0, 0.1) is 0 Å². The minimum atomic E-state index is 0.0960. The molecule has 0 saturated carbocycles. The summed E-state index contributed by atoms with van der Waals surface area (Å²) in [6.45, 7) is 0.771. The van der Waals surface area contributed by atoms with Crippen molar-refractivity contribution in [3.8, 4) is 5.75 Å². The Hall–Kier alpha value is -2.93. The molecule has 0 radical (unpaired) electrons. The van der Waals surface area contributed by atoms with Gasteiger partial charge in [-0.05, 0) is 23.8 Å². The smallest absolute Gasteiger partial charge is 0.295 e. The van der Waals surface area contributed by atoms with E-state index in [0.717, 1.165) is 5.56 Å². The van der Waals surface area contributed by atoms with Gasteiger partial charge in [0.25, 0.3) is 6.01 Å². The number of nitrogens with zero attached hydrogens (tertiary/aromatic N) is 2. The lowest BCUT2D eigenvalue weighted by Gasteiger charge is -2.06. The van der Waals surface area contributed by atoms with Gasteiger partial charge in [-0.3, -0.25) is 4.98 Å². The summed E-state index contributed by atoms with van der Waals surface area (Å²) in [5.74, 6) is 0.560. The molecule has 3 N–H and O–H groups in total. The Morgan fingerprint density at radius 3 is 3.04 bits per heavy atom. The summed E-state index contributed by atoms with van der Waals surface area (Å²) in [5.41, 5.74) is 8.09. The number of fused-ring (bicyclic) bond motifs is 1. The second-order valence-corrected chi connectivity index (χ2v) is 5.12. The van der Waals surface area contributed by atoms with Gasteiger partial charge in [-0.15, -0.1) is 0 Å². The lowest BCUT2D eigenvalue weighted by molar-refractivity contribution is 0.347. The van der Waals surface area contributed by atoms with Crippen LogP contribution in [0.4, 0.5) is 10.4 Å². The van der Waals surface area contributed by atoms with E-state index in [9.17, 15) is 4.39 Å². The molecule has 0 atom stereocenters. The van der Waals surface area contributed by atoms with E-state index >= 15 is 0 Å². The van der Waals surface area contributed by atoms with Crippen LogP contribution in [0.15, 0.2) is 59.0 Å². The first kappa shape index (κ1) is 15.9. The van der Waals surface area contributed by atoms with Gasteiger partial charge in [0, 0.05) is 37.1 Å². The van der Waals surface area contributed by atoms with Gasteiger partial charge in [-0.1, -0.05) is 6.07 Å². The molecule has 3 rings (SSSR count). The highest BCUT2D eigenvalue weighted by atomic mass is 19.1. The van der Waals surface area contributed by atoms with Gasteiger partial charge in [0.2, 0.25) is 0 Å². The van der Waals surface area contributed by atoms with E-state index in [2.05, 4.69) is 15.3 Å². The van der Waals surface area contributed by atoms with Crippen LogP contribution in [0.3, 0.4) is 0 Å². The first-order valence-corrected chi connectivity index (χ1v) is 7.43. The Morgan fingerprint density at radius 2 is 2.29 bits per heavy atom. The standard InChI is InChI=1S/C17H17FN4O2/c18-7-13(8-19)11-23-14-3-4-15-16(6-14)24-17(22-15)21-10-12-2-1-5-20-9-12/h1-7,9H,8,10-11,19H2,(H,21,22)/b13-7-. The Balaban J connectivity index is 1.67. The van der Waals surface area contributed by atoms with Gasteiger partial charge in [0.15, 0.2) is 5.58 Å². The molecule has 0 amide bonds. The van der Waals surface area contributed by atoms with E-state index in [1.54, 1.807) is 30.6 Å². The molecule has 7 heteroatoms. The summed E-state index contributed by atoms with van der Waals surface area (Å²) in [5, 5.41) is 3.10. The van der Waals surface area contributed by atoms with Crippen LogP contribution in [0.25, 0.3) is 11.1 Å². The van der Waals surface area contributed by atoms with E-state index in [-0.39, 0.29) is 13.2 Å². The van der Waals surface area contributed by atoms with E-state index in [0.29, 0.717) is 41.3 Å². The molecule has 0 aliphatic rings. The highest BCUT2D eigenvalue weighted by molar-refractivity contribution is 5.76. The van der Waals surface area contributed by atoms with Crippen LogP contribution in [0.1, 0.15) is 5.56 Å². The molecule has 124 valence electrons. The molecular weight excluding hydrogens is 311 g/mol. The highest BCUT2D eigenvalue weighted by Gasteiger charge is 2.07. The van der Waals surface area contributed by atoms with Crippen molar-refractivity contribution in [1.82, 2.24) is 9.97 Å². The average Bonchev–Trinajstić information content (AvgIpc) is 3.04. The van der Waals surface area contributed by atoms with Crippen molar-refractivity contribution in [2.75, 3.05) is 18.5 Å². The van der Waals surface area contributed by atoms with Crippen LogP contribution in [0.5, 0.6) is 5.75 Å². The molecule has 24 heavy (non-hydrogen) atoms. The van der Waals surface area contributed by atoms with Gasteiger partial charge in [0.05, 0.1) is 6.33 Å². The molecule has 0 aliphatic carbocycles. The molecule has 0 unspecified atom stereocenters. The molecule has 0 aliphatic heterocycles. The zero-order valence-corrected chi connectivity index (χ0v) is 12.9. The third-order valence-corrected chi connectivity index (χ3v) is 3.37. The van der Waals surface area contributed by atoms with Crippen LogP contribution >= 0.6 is 0 Å². The molecule has 3 aromatic rings. The number of benzene rings is 1. The van der Waals surface area contributed by atoms with Crippen LogP contribution < -0.4 is 15.8 Å². The zero-order chi connectivity index (χ0) is 16.8.